The van der Waals surface area contributed by atoms with Gasteiger partial charge in [0.05, 0.1) is 16.3 Å². The molecule has 2 N–H and O–H groups in total. The Kier molecular flexibility index (Phi) is 5.33. The summed E-state index contributed by atoms with van der Waals surface area (Å²) in [6, 6.07) is 11.2. The number of anilines is 1. The third-order valence-electron chi connectivity index (χ3n) is 2.99. The second kappa shape index (κ2) is 7.04. The first kappa shape index (κ1) is 16.7. The Balaban J connectivity index is 2.09. The van der Waals surface area contributed by atoms with E-state index in [1.807, 2.05) is 31.2 Å². The number of rotatable bonds is 7. The fraction of sp³-hybridized carbons (Fsp3) is 0.267. The van der Waals surface area contributed by atoms with E-state index < -0.39 is 10.1 Å². The molecule has 1 aromatic heterocycles. The minimum Gasteiger partial charge on any atom is -0.299 e. The van der Waals surface area contributed by atoms with Crippen molar-refractivity contribution in [2.75, 3.05) is 11.2 Å². The molecule has 2 rings (SSSR count). The summed E-state index contributed by atoms with van der Waals surface area (Å²) in [5, 5.41) is 8.82. The van der Waals surface area contributed by atoms with Crippen LogP contribution in [0.15, 0.2) is 36.4 Å². The minimum absolute atomic E-state index is 0.0305. The van der Waals surface area contributed by atoms with Crippen LogP contribution in [0.3, 0.4) is 0 Å². The number of benzene rings is 1. The lowest BCUT2D eigenvalue weighted by atomic mass is 10.0. The van der Waals surface area contributed by atoms with Crippen LogP contribution in [0.5, 0.6) is 0 Å². The van der Waals surface area contributed by atoms with Gasteiger partial charge in [-0.2, -0.15) is 12.7 Å². The summed E-state index contributed by atoms with van der Waals surface area (Å²) in [5.41, 5.74) is 4.74. The van der Waals surface area contributed by atoms with Crippen molar-refractivity contribution in [2.24, 2.45) is 0 Å². The Morgan fingerprint density at radius 3 is 2.68 bits per heavy atom. The number of hydrogen-bond donors (Lipinski definition) is 2. The van der Waals surface area contributed by atoms with Crippen LogP contribution in [0.1, 0.15) is 29.3 Å². The summed E-state index contributed by atoms with van der Waals surface area (Å²) < 4.78 is 27.7. The molecule has 0 saturated carbocycles. The smallest absolute Gasteiger partial charge is 0.287 e. The Hall–Kier alpha value is -1.70. The van der Waals surface area contributed by atoms with Gasteiger partial charge in [-0.05, 0) is 31.0 Å². The van der Waals surface area contributed by atoms with Gasteiger partial charge in [-0.15, -0.1) is 11.3 Å². The molecular formula is C15H18N2O3S2. The summed E-state index contributed by atoms with van der Waals surface area (Å²) in [4.78, 5) is 0.744. The van der Waals surface area contributed by atoms with Gasteiger partial charge in [-0.3, -0.25) is 5.41 Å². The second-order valence-electron chi connectivity index (χ2n) is 4.80. The van der Waals surface area contributed by atoms with Gasteiger partial charge < -0.3 is 0 Å². The molecule has 0 spiro atoms. The van der Waals surface area contributed by atoms with Crippen molar-refractivity contribution < 1.29 is 12.7 Å². The van der Waals surface area contributed by atoms with Gasteiger partial charge in [-0.1, -0.05) is 31.2 Å². The second-order valence-corrected chi connectivity index (χ2v) is 7.58. The van der Waals surface area contributed by atoms with E-state index in [9.17, 15) is 8.42 Å². The molecule has 2 aromatic rings. The van der Waals surface area contributed by atoms with Crippen molar-refractivity contribution in [3.63, 3.8) is 0 Å². The summed E-state index contributed by atoms with van der Waals surface area (Å²) >= 11 is 1.28. The highest BCUT2D eigenvalue weighted by Gasteiger charge is 2.13. The van der Waals surface area contributed by atoms with Gasteiger partial charge >= 0.3 is 0 Å². The first-order chi connectivity index (χ1) is 10.4. The fourth-order valence-corrected chi connectivity index (χ4v) is 3.57. The molecule has 5 nitrogen and oxygen atoms in total. The average molecular weight is 338 g/mol. The predicted molar refractivity (Wildman–Crippen MR) is 90.2 cm³/mol. The molecule has 0 radical (unpaired) electrons. The maximum atomic E-state index is 11.5. The molecule has 0 unspecified atom stereocenters. The zero-order valence-corrected chi connectivity index (χ0v) is 14.1. The van der Waals surface area contributed by atoms with Crippen molar-refractivity contribution in [1.82, 2.24) is 0 Å². The van der Waals surface area contributed by atoms with Crippen molar-refractivity contribution in [1.29, 1.82) is 5.41 Å². The molecule has 0 saturated heterocycles. The van der Waals surface area contributed by atoms with E-state index in [0.717, 1.165) is 16.0 Å². The predicted octanol–water partition coefficient (Wildman–Crippen LogP) is 3.56. The van der Waals surface area contributed by atoms with Gasteiger partial charge in [0.15, 0.2) is 0 Å². The van der Waals surface area contributed by atoms with E-state index in [-0.39, 0.29) is 5.75 Å². The van der Waals surface area contributed by atoms with E-state index in [0.29, 0.717) is 17.1 Å². The van der Waals surface area contributed by atoms with Gasteiger partial charge in [-0.25, -0.2) is 5.48 Å². The highest BCUT2D eigenvalue weighted by atomic mass is 32.2. The van der Waals surface area contributed by atoms with Crippen LogP contribution in [0.25, 0.3) is 0 Å². The van der Waals surface area contributed by atoms with Gasteiger partial charge in [0.25, 0.3) is 10.1 Å². The molecule has 0 aliphatic carbocycles. The third kappa shape index (κ3) is 4.16. The molecule has 7 heteroatoms. The van der Waals surface area contributed by atoms with Crippen LogP contribution in [0, 0.1) is 12.3 Å². The first-order valence-electron chi connectivity index (χ1n) is 6.85. The van der Waals surface area contributed by atoms with Gasteiger partial charge in [0, 0.05) is 5.56 Å². The molecular weight excluding hydrogens is 320 g/mol. The van der Waals surface area contributed by atoms with Crippen LogP contribution >= 0.6 is 11.3 Å². The maximum absolute atomic E-state index is 11.5. The number of thiophene rings is 1. The van der Waals surface area contributed by atoms with E-state index in [1.54, 1.807) is 19.1 Å². The molecule has 0 amide bonds. The van der Waals surface area contributed by atoms with E-state index >= 15 is 0 Å². The summed E-state index contributed by atoms with van der Waals surface area (Å²) in [6.45, 7) is 3.73. The molecule has 118 valence electrons. The van der Waals surface area contributed by atoms with E-state index in [1.165, 1.54) is 11.3 Å². The van der Waals surface area contributed by atoms with E-state index in [4.69, 9.17) is 9.69 Å². The van der Waals surface area contributed by atoms with Crippen molar-refractivity contribution in [3.8, 4) is 0 Å². The van der Waals surface area contributed by atoms with Crippen molar-refractivity contribution in [2.45, 2.75) is 20.3 Å². The topological polar surface area (TPSA) is 79.2 Å². The summed E-state index contributed by atoms with van der Waals surface area (Å²) in [6.07, 6.45) is 0.498. The molecule has 1 heterocycles. The minimum atomic E-state index is -3.56. The Morgan fingerprint density at radius 1 is 1.27 bits per heavy atom. The Labute approximate surface area is 134 Å². The normalized spacial score (nSPS) is 11.4. The highest BCUT2D eigenvalue weighted by molar-refractivity contribution is 7.86. The molecule has 0 aliphatic heterocycles. The molecule has 0 aliphatic rings. The lowest BCUT2D eigenvalue weighted by Crippen LogP contribution is -2.13. The molecule has 0 atom stereocenters. The molecule has 0 fully saturated rings. The van der Waals surface area contributed by atoms with Crippen LogP contribution in [0.4, 0.5) is 5.00 Å². The molecule has 1 aromatic carbocycles. The number of hydrogen-bond acceptors (Lipinski definition) is 6. The largest absolute Gasteiger partial charge is 0.299 e. The fourth-order valence-electron chi connectivity index (χ4n) is 1.91. The zero-order valence-electron chi connectivity index (χ0n) is 12.4. The Bertz CT molecular complexity index is 767. The summed E-state index contributed by atoms with van der Waals surface area (Å²) in [7, 11) is -3.56. The van der Waals surface area contributed by atoms with Crippen LogP contribution in [-0.4, -0.2) is 19.9 Å². The first-order valence-corrected chi connectivity index (χ1v) is 9.24. The SMILES string of the molecule is CCCS(=O)(=O)ONc1ccc(C(=N)c2ccccc2C)s1. The standard InChI is InChI=1S/C15H18N2O3S2/c1-3-10-22(18,19)20-17-14-9-8-13(21-14)15(16)12-7-5-4-6-11(12)2/h4-9,16-17H,3,10H2,1-2H3. The maximum Gasteiger partial charge on any atom is 0.287 e. The molecule has 22 heavy (non-hydrogen) atoms. The van der Waals surface area contributed by atoms with Crippen LogP contribution in [-0.2, 0) is 14.4 Å². The lowest BCUT2D eigenvalue weighted by Gasteiger charge is -2.05. The quantitative estimate of drug-likeness (QED) is 0.597. The zero-order chi connectivity index (χ0) is 16.2. The molecule has 0 bridgehead atoms. The third-order valence-corrected chi connectivity index (χ3v) is 5.24. The van der Waals surface area contributed by atoms with E-state index in [2.05, 4.69) is 5.48 Å². The Morgan fingerprint density at radius 2 is 2.00 bits per heavy atom. The van der Waals surface area contributed by atoms with Crippen molar-refractivity contribution in [3.05, 3.63) is 52.4 Å². The van der Waals surface area contributed by atoms with Crippen LogP contribution in [0.2, 0.25) is 0 Å². The van der Waals surface area contributed by atoms with Crippen molar-refractivity contribution >= 4 is 32.2 Å². The average Bonchev–Trinajstić information content (AvgIpc) is 2.94. The summed E-state index contributed by atoms with van der Waals surface area (Å²) in [5.74, 6) is -0.0305. The lowest BCUT2D eigenvalue weighted by molar-refractivity contribution is 0.392. The highest BCUT2D eigenvalue weighted by Crippen LogP contribution is 2.25. The van der Waals surface area contributed by atoms with Crippen LogP contribution < -0.4 is 5.48 Å². The number of aryl methyl sites for hydroxylation is 1. The van der Waals surface area contributed by atoms with Gasteiger partial charge in [0.1, 0.15) is 5.00 Å². The van der Waals surface area contributed by atoms with Gasteiger partial charge in [0.2, 0.25) is 0 Å². The number of nitrogens with one attached hydrogen (secondary N) is 2. The monoisotopic (exact) mass is 338 g/mol.